The summed E-state index contributed by atoms with van der Waals surface area (Å²) in [7, 11) is 0. The lowest BCUT2D eigenvalue weighted by atomic mass is 10.2. The second-order valence-electron chi connectivity index (χ2n) is 4.24. The van der Waals surface area contributed by atoms with E-state index in [-0.39, 0.29) is 0 Å². The number of terminal acetylenes is 1. The number of hydrogen-bond donors (Lipinski definition) is 0. The van der Waals surface area contributed by atoms with Crippen LogP contribution in [0.5, 0.6) is 0 Å². The van der Waals surface area contributed by atoms with Crippen LogP contribution in [0.4, 0.5) is 11.4 Å². The van der Waals surface area contributed by atoms with Crippen LogP contribution in [0.1, 0.15) is 0 Å². The molecular weight excluding hydrogens is 242 g/mol. The van der Waals surface area contributed by atoms with Crippen LogP contribution in [-0.2, 0) is 0 Å². The number of allylic oxidation sites excluding steroid dienone is 3. The van der Waals surface area contributed by atoms with Crippen LogP contribution in [0.15, 0.2) is 85.0 Å². The topological polar surface area (TPSA) is 3.24 Å². The molecule has 98 valence electrons. The Bertz CT molecular complexity index is 564. The molecule has 0 heterocycles. The van der Waals surface area contributed by atoms with E-state index in [1.807, 2.05) is 48.6 Å². The number of anilines is 2. The Morgan fingerprint density at radius 1 is 0.850 bits per heavy atom. The predicted octanol–water partition coefficient (Wildman–Crippen LogP) is 4.57. The van der Waals surface area contributed by atoms with Gasteiger partial charge in [0.1, 0.15) is 0 Å². The summed E-state index contributed by atoms with van der Waals surface area (Å²) in [6.45, 7) is 0.795. The van der Waals surface area contributed by atoms with Crippen LogP contribution in [0, 0.1) is 12.3 Å². The molecule has 1 nitrogen and oxygen atoms in total. The van der Waals surface area contributed by atoms with Crippen LogP contribution in [-0.4, -0.2) is 6.54 Å². The van der Waals surface area contributed by atoms with Gasteiger partial charge in [0.2, 0.25) is 0 Å². The third-order valence-electron chi connectivity index (χ3n) is 2.86. The Labute approximate surface area is 120 Å². The molecule has 0 amide bonds. The van der Waals surface area contributed by atoms with Gasteiger partial charge in [0.15, 0.2) is 0 Å². The lowest BCUT2D eigenvalue weighted by Crippen LogP contribution is -2.16. The van der Waals surface area contributed by atoms with Crippen molar-refractivity contribution < 1.29 is 0 Å². The maximum absolute atomic E-state index is 5.17. The monoisotopic (exact) mass is 259 g/mol. The van der Waals surface area contributed by atoms with Crippen molar-refractivity contribution in [1.82, 2.24) is 0 Å². The van der Waals surface area contributed by atoms with Crippen LogP contribution < -0.4 is 4.90 Å². The van der Waals surface area contributed by atoms with Crippen molar-refractivity contribution in [2.24, 2.45) is 0 Å². The fourth-order valence-corrected chi connectivity index (χ4v) is 1.93. The minimum atomic E-state index is 0.795. The maximum Gasteiger partial charge on any atom is 0.0415 e. The first-order chi connectivity index (χ1) is 9.92. The van der Waals surface area contributed by atoms with Crippen molar-refractivity contribution in [3.63, 3.8) is 0 Å². The first-order valence-electron chi connectivity index (χ1n) is 6.57. The highest BCUT2D eigenvalue weighted by Gasteiger charge is 2.05. The van der Waals surface area contributed by atoms with Crippen LogP contribution in [0.25, 0.3) is 0 Å². The van der Waals surface area contributed by atoms with Gasteiger partial charge in [-0.25, -0.2) is 0 Å². The smallest absolute Gasteiger partial charge is 0.0415 e. The van der Waals surface area contributed by atoms with Crippen molar-refractivity contribution in [2.45, 2.75) is 0 Å². The first-order valence-corrected chi connectivity index (χ1v) is 6.57. The molecule has 1 heteroatoms. The summed E-state index contributed by atoms with van der Waals surface area (Å²) in [4.78, 5) is 2.25. The lowest BCUT2D eigenvalue weighted by molar-refractivity contribution is 1.10. The van der Waals surface area contributed by atoms with E-state index >= 15 is 0 Å². The van der Waals surface area contributed by atoms with Gasteiger partial charge in [0.05, 0.1) is 0 Å². The van der Waals surface area contributed by atoms with Gasteiger partial charge < -0.3 is 4.90 Å². The summed E-state index contributed by atoms with van der Waals surface area (Å²) in [6, 6.07) is 20.7. The minimum absolute atomic E-state index is 0.795. The summed E-state index contributed by atoms with van der Waals surface area (Å²) in [6.07, 6.45) is 12.8. The van der Waals surface area contributed by atoms with Gasteiger partial charge >= 0.3 is 0 Å². The maximum atomic E-state index is 5.17. The van der Waals surface area contributed by atoms with Crippen LogP contribution >= 0.6 is 0 Å². The summed E-state index contributed by atoms with van der Waals surface area (Å²) in [5, 5.41) is 0. The first kappa shape index (κ1) is 13.7. The zero-order valence-corrected chi connectivity index (χ0v) is 11.3. The second kappa shape index (κ2) is 7.66. The zero-order chi connectivity index (χ0) is 14.0. The molecule has 0 saturated carbocycles. The van der Waals surface area contributed by atoms with Crippen molar-refractivity contribution in [2.75, 3.05) is 11.4 Å². The molecule has 0 unspecified atom stereocenters. The van der Waals surface area contributed by atoms with E-state index in [0.29, 0.717) is 0 Å². The minimum Gasteiger partial charge on any atom is -0.338 e. The number of benzene rings is 2. The zero-order valence-electron chi connectivity index (χ0n) is 11.3. The highest BCUT2D eigenvalue weighted by atomic mass is 15.1. The average molecular weight is 259 g/mol. The molecule has 2 aromatic rings. The third-order valence-corrected chi connectivity index (χ3v) is 2.86. The average Bonchev–Trinajstić information content (AvgIpc) is 2.53. The fraction of sp³-hybridized carbons (Fsp3) is 0.0526. The van der Waals surface area contributed by atoms with Crippen molar-refractivity contribution in [3.8, 4) is 12.3 Å². The van der Waals surface area contributed by atoms with Crippen molar-refractivity contribution in [1.29, 1.82) is 0 Å². The molecule has 0 radical (unpaired) electrons. The molecule has 0 spiro atoms. The molecule has 0 aliphatic rings. The molecule has 20 heavy (non-hydrogen) atoms. The second-order valence-corrected chi connectivity index (χ2v) is 4.24. The molecule has 2 rings (SSSR count). The molecule has 0 aromatic heterocycles. The Kier molecular flexibility index (Phi) is 5.25. The van der Waals surface area contributed by atoms with E-state index in [9.17, 15) is 0 Å². The molecule has 0 bridgehead atoms. The van der Waals surface area contributed by atoms with Gasteiger partial charge in [-0.15, -0.1) is 6.42 Å². The van der Waals surface area contributed by atoms with E-state index in [1.165, 1.54) is 11.4 Å². The molecule has 2 aromatic carbocycles. The van der Waals surface area contributed by atoms with Gasteiger partial charge in [0, 0.05) is 17.9 Å². The molecule has 0 aliphatic heterocycles. The Hall–Kier alpha value is -2.72. The fourth-order valence-electron chi connectivity index (χ4n) is 1.93. The Morgan fingerprint density at radius 3 is 1.90 bits per heavy atom. The van der Waals surface area contributed by atoms with E-state index in [1.54, 1.807) is 6.08 Å². The quantitative estimate of drug-likeness (QED) is 0.561. The molecule has 0 atom stereocenters. The number of nitrogens with zero attached hydrogens (tertiary/aromatic N) is 1. The SMILES string of the molecule is C#C/C=C\C=C/CN(c1ccccc1)c1ccccc1. The van der Waals surface area contributed by atoms with Gasteiger partial charge in [-0.3, -0.25) is 0 Å². The normalized spacial score (nSPS) is 10.8. The van der Waals surface area contributed by atoms with E-state index in [0.717, 1.165) is 6.54 Å². The molecule has 0 N–H and O–H groups in total. The molecule has 0 saturated heterocycles. The summed E-state index contributed by atoms with van der Waals surface area (Å²) >= 11 is 0. The molecular formula is C19H17N. The van der Waals surface area contributed by atoms with Crippen LogP contribution in [0.3, 0.4) is 0 Å². The summed E-state index contributed by atoms with van der Waals surface area (Å²) < 4.78 is 0. The summed E-state index contributed by atoms with van der Waals surface area (Å²) in [5.74, 6) is 2.47. The Balaban J connectivity index is 2.20. The van der Waals surface area contributed by atoms with Gasteiger partial charge in [-0.2, -0.15) is 0 Å². The van der Waals surface area contributed by atoms with E-state index in [2.05, 4.69) is 41.2 Å². The summed E-state index contributed by atoms with van der Waals surface area (Å²) in [5.41, 5.74) is 2.34. The van der Waals surface area contributed by atoms with Crippen LogP contribution in [0.2, 0.25) is 0 Å². The number of para-hydroxylation sites is 2. The number of rotatable bonds is 5. The van der Waals surface area contributed by atoms with Gasteiger partial charge in [-0.05, 0) is 30.3 Å². The van der Waals surface area contributed by atoms with E-state index < -0.39 is 0 Å². The standard InChI is InChI=1S/C19H17N/c1-2-3-4-5-12-17-20(18-13-8-6-9-14-18)19-15-10-7-11-16-19/h1,3-16H,17H2/b4-3-,12-5-. The highest BCUT2D eigenvalue weighted by molar-refractivity contribution is 5.63. The number of hydrogen-bond acceptors (Lipinski definition) is 1. The van der Waals surface area contributed by atoms with Gasteiger partial charge in [-0.1, -0.05) is 60.5 Å². The third kappa shape index (κ3) is 3.90. The van der Waals surface area contributed by atoms with Gasteiger partial charge in [0.25, 0.3) is 0 Å². The van der Waals surface area contributed by atoms with Crippen molar-refractivity contribution >= 4 is 11.4 Å². The largest absolute Gasteiger partial charge is 0.338 e. The van der Waals surface area contributed by atoms with E-state index in [4.69, 9.17) is 6.42 Å². The lowest BCUT2D eigenvalue weighted by Gasteiger charge is -2.23. The highest BCUT2D eigenvalue weighted by Crippen LogP contribution is 2.24. The Morgan fingerprint density at radius 2 is 1.40 bits per heavy atom. The molecule has 0 fully saturated rings. The predicted molar refractivity (Wildman–Crippen MR) is 87.0 cm³/mol. The van der Waals surface area contributed by atoms with Crippen molar-refractivity contribution in [3.05, 3.63) is 85.0 Å². The molecule has 0 aliphatic carbocycles.